The summed E-state index contributed by atoms with van der Waals surface area (Å²) in [6.07, 6.45) is 20.9. The summed E-state index contributed by atoms with van der Waals surface area (Å²) in [5, 5.41) is 0. The molecular weight excluding hydrogens is 731 g/mol. The summed E-state index contributed by atoms with van der Waals surface area (Å²) >= 11 is 0. The quantitative estimate of drug-likeness (QED) is 0.169. The van der Waals surface area contributed by atoms with Crippen molar-refractivity contribution in [2.45, 2.75) is 44.4 Å². The van der Waals surface area contributed by atoms with E-state index in [0.717, 1.165) is 43.2 Å². The lowest BCUT2D eigenvalue weighted by Crippen LogP contribution is -2.28. The van der Waals surface area contributed by atoms with Crippen molar-refractivity contribution in [2.24, 2.45) is 5.92 Å². The zero-order valence-corrected chi connectivity index (χ0v) is 33.6. The van der Waals surface area contributed by atoms with Crippen molar-refractivity contribution < 1.29 is 0 Å². The Morgan fingerprint density at radius 2 is 1.28 bits per heavy atom. The van der Waals surface area contributed by atoms with Crippen LogP contribution in [0.5, 0.6) is 0 Å². The first-order valence-electron chi connectivity index (χ1n) is 21.4. The third-order valence-electron chi connectivity index (χ3n) is 13.1. The van der Waals surface area contributed by atoms with Gasteiger partial charge in [-0.15, -0.1) is 0 Å². The van der Waals surface area contributed by atoms with Gasteiger partial charge in [-0.3, -0.25) is 4.57 Å². The molecule has 5 heteroatoms. The number of nitrogens with zero attached hydrogens (tertiary/aromatic N) is 5. The second-order valence-electron chi connectivity index (χ2n) is 16.6. The molecule has 5 nitrogen and oxygen atoms in total. The fourth-order valence-corrected chi connectivity index (χ4v) is 10.5. The molecule has 0 fully saturated rings. The van der Waals surface area contributed by atoms with E-state index in [2.05, 4.69) is 186 Å². The molecule has 2 aromatic heterocycles. The van der Waals surface area contributed by atoms with E-state index >= 15 is 0 Å². The molecule has 0 radical (unpaired) electrons. The molecular formula is C55H43N5. The van der Waals surface area contributed by atoms with Gasteiger partial charge in [-0.05, 0) is 90.1 Å². The molecule has 5 aliphatic rings. The second kappa shape index (κ2) is 13.7. The van der Waals surface area contributed by atoms with Gasteiger partial charge in [-0.2, -0.15) is 9.97 Å². The molecule has 60 heavy (non-hydrogen) atoms. The molecule has 0 aliphatic heterocycles. The highest BCUT2D eigenvalue weighted by molar-refractivity contribution is 5.98. The first-order valence-corrected chi connectivity index (χ1v) is 21.4. The van der Waals surface area contributed by atoms with Crippen molar-refractivity contribution in [3.63, 3.8) is 0 Å². The van der Waals surface area contributed by atoms with Gasteiger partial charge in [0.05, 0.1) is 11.1 Å². The summed E-state index contributed by atoms with van der Waals surface area (Å²) in [7, 11) is 0. The van der Waals surface area contributed by atoms with Crippen LogP contribution in [-0.4, -0.2) is 19.5 Å². The fourth-order valence-electron chi connectivity index (χ4n) is 10.5. The van der Waals surface area contributed by atoms with Crippen molar-refractivity contribution >= 4 is 17.3 Å². The maximum absolute atomic E-state index is 5.44. The summed E-state index contributed by atoms with van der Waals surface area (Å²) < 4.78 is 2.42. The summed E-state index contributed by atoms with van der Waals surface area (Å²) in [6.45, 7) is 2.29. The van der Waals surface area contributed by atoms with Gasteiger partial charge in [0.25, 0.3) is 0 Å². The lowest BCUT2D eigenvalue weighted by atomic mass is 9.69. The van der Waals surface area contributed by atoms with Crippen LogP contribution in [0.25, 0.3) is 51.4 Å². The number of fused-ring (bicyclic) bond motifs is 12. The number of hydrogen-bond donors (Lipinski definition) is 0. The highest BCUT2D eigenvalue weighted by Gasteiger charge is 2.55. The zero-order valence-electron chi connectivity index (χ0n) is 33.6. The fraction of sp³-hybridized carbons (Fsp3) is 0.145. The minimum absolute atomic E-state index is 0.516. The minimum atomic E-state index is -0.544. The van der Waals surface area contributed by atoms with Crippen LogP contribution in [0, 0.1) is 5.92 Å². The normalized spacial score (nSPS) is 17.6. The third-order valence-corrected chi connectivity index (χ3v) is 13.1. The van der Waals surface area contributed by atoms with E-state index in [9.17, 15) is 0 Å². The van der Waals surface area contributed by atoms with Gasteiger partial charge in [0.15, 0.2) is 11.6 Å². The van der Waals surface area contributed by atoms with Crippen molar-refractivity contribution in [1.29, 1.82) is 0 Å². The predicted octanol–water partition coefficient (Wildman–Crippen LogP) is 12.7. The Bertz CT molecular complexity index is 2990. The van der Waals surface area contributed by atoms with E-state index in [-0.39, 0.29) is 0 Å². The lowest BCUT2D eigenvalue weighted by molar-refractivity contribution is 0.724. The molecule has 7 aromatic rings. The Morgan fingerprint density at radius 3 is 1.97 bits per heavy atom. The second-order valence-corrected chi connectivity index (χ2v) is 16.6. The van der Waals surface area contributed by atoms with E-state index in [0.29, 0.717) is 23.5 Å². The van der Waals surface area contributed by atoms with Gasteiger partial charge in [0.1, 0.15) is 0 Å². The van der Waals surface area contributed by atoms with Gasteiger partial charge in [0.2, 0.25) is 5.95 Å². The van der Waals surface area contributed by atoms with Crippen LogP contribution in [0.3, 0.4) is 0 Å². The van der Waals surface area contributed by atoms with Gasteiger partial charge in [-0.1, -0.05) is 159 Å². The summed E-state index contributed by atoms with van der Waals surface area (Å²) in [6, 6.07) is 48.5. The maximum Gasteiger partial charge on any atom is 0.238 e. The first kappa shape index (κ1) is 34.9. The average Bonchev–Trinajstić information content (AvgIpc) is 3.92. The zero-order chi connectivity index (χ0) is 39.8. The topological polar surface area (TPSA) is 46.8 Å². The van der Waals surface area contributed by atoms with E-state index in [4.69, 9.17) is 15.0 Å². The van der Waals surface area contributed by atoms with Gasteiger partial charge in [-0.25, -0.2) is 4.98 Å². The van der Waals surface area contributed by atoms with Crippen molar-refractivity contribution in [2.75, 3.05) is 4.90 Å². The molecule has 1 atom stereocenters. The molecule has 5 aromatic carbocycles. The Labute approximate surface area is 351 Å². The number of allylic oxidation sites excluding steroid dienone is 8. The van der Waals surface area contributed by atoms with E-state index in [1.807, 2.05) is 6.07 Å². The molecule has 0 amide bonds. The summed E-state index contributed by atoms with van der Waals surface area (Å²) in [5.74, 6) is 2.56. The van der Waals surface area contributed by atoms with Crippen LogP contribution >= 0.6 is 0 Å². The van der Waals surface area contributed by atoms with E-state index < -0.39 is 5.41 Å². The molecule has 0 saturated heterocycles. The first-order chi connectivity index (χ1) is 29.7. The van der Waals surface area contributed by atoms with Crippen molar-refractivity contribution in [1.82, 2.24) is 19.5 Å². The van der Waals surface area contributed by atoms with Crippen molar-refractivity contribution in [3.8, 4) is 39.7 Å². The van der Waals surface area contributed by atoms with Gasteiger partial charge in [0, 0.05) is 50.6 Å². The van der Waals surface area contributed by atoms with Crippen LogP contribution in [0.1, 0.15) is 71.9 Å². The number of anilines is 1. The van der Waals surface area contributed by atoms with E-state index in [1.54, 1.807) is 0 Å². The minimum Gasteiger partial charge on any atom is -0.315 e. The smallest absolute Gasteiger partial charge is 0.238 e. The average molecular weight is 774 g/mol. The van der Waals surface area contributed by atoms with Crippen LogP contribution in [-0.2, 0) is 11.8 Å². The van der Waals surface area contributed by atoms with Crippen LogP contribution in [0.2, 0.25) is 0 Å². The highest BCUT2D eigenvalue weighted by Crippen LogP contribution is 2.65. The van der Waals surface area contributed by atoms with Crippen LogP contribution < -0.4 is 4.90 Å². The molecule has 5 aliphatic carbocycles. The van der Waals surface area contributed by atoms with Crippen LogP contribution in [0.4, 0.5) is 5.69 Å². The predicted molar refractivity (Wildman–Crippen MR) is 243 cm³/mol. The maximum atomic E-state index is 5.44. The molecule has 0 N–H and O–H groups in total. The molecule has 288 valence electrons. The Kier molecular flexibility index (Phi) is 7.99. The SMILES string of the molecule is CC1C=CC(N(C2=Cc3c4c(n(-c5nc(C6=CCCC=C6)nc(-c6ccccc6)n5)c3CC2)-c2ccccc2C42c3ccccc3-c3ccccc32)c2ccccc2)=CC1. The molecule has 12 rings (SSSR count). The standard InChI is InChI=1S/C55H43N5/c1-36-29-31-40(32-30-36)59(39-21-9-4-10-22-39)41-33-34-49-45(35-41)50-51(60(49)54-57-52(37-17-5-2-6-18-37)56-53(58-54)38-19-7-3-8-20-38)44-25-13-16-28-48(44)55(50)46-26-14-11-23-42(46)43-24-12-15-27-47(43)55/h2,4-7,9-29,31-32,35-36H,3,8,30,33-34H2,1H3. The van der Waals surface area contributed by atoms with E-state index in [1.165, 1.54) is 73.0 Å². The Hall–Kier alpha value is -7.11. The van der Waals surface area contributed by atoms with Crippen LogP contribution in [0.15, 0.2) is 181 Å². The lowest BCUT2D eigenvalue weighted by Gasteiger charge is -2.34. The molecule has 2 heterocycles. The third kappa shape index (κ3) is 5.15. The number of rotatable bonds is 6. The number of aromatic nitrogens is 4. The summed E-state index contributed by atoms with van der Waals surface area (Å²) in [4.78, 5) is 18.5. The number of para-hydroxylation sites is 1. The number of hydrogen-bond acceptors (Lipinski definition) is 4. The monoisotopic (exact) mass is 773 g/mol. The molecule has 0 bridgehead atoms. The molecule has 1 spiro atoms. The Balaban J connectivity index is 1.20. The largest absolute Gasteiger partial charge is 0.315 e. The Morgan fingerprint density at radius 1 is 0.633 bits per heavy atom. The van der Waals surface area contributed by atoms with Crippen molar-refractivity contribution in [3.05, 3.63) is 221 Å². The molecule has 0 saturated carbocycles. The molecule has 1 unspecified atom stereocenters. The highest BCUT2D eigenvalue weighted by atomic mass is 15.2. The van der Waals surface area contributed by atoms with Gasteiger partial charge >= 0.3 is 0 Å². The van der Waals surface area contributed by atoms with Gasteiger partial charge < -0.3 is 4.90 Å². The summed E-state index contributed by atoms with van der Waals surface area (Å²) in [5.41, 5.74) is 17.9. The number of benzene rings is 5.